The number of aliphatic hydroxyl groups is 9. The Morgan fingerprint density at radius 2 is 0.712 bits per heavy atom. The number of hydrogen-bond donors (Lipinski definition) is 19. The minimum atomic E-state index is -1.06. The molecular formula is C84H104N4O30. The molecule has 22 N–H and O–H groups in total. The Balaban J connectivity index is 0.000000180. The van der Waals surface area contributed by atoms with Gasteiger partial charge in [0.25, 0.3) is 0 Å². The summed E-state index contributed by atoms with van der Waals surface area (Å²) in [6.45, 7) is 4.09. The molecule has 6 aliphatic carbocycles. The van der Waals surface area contributed by atoms with Gasteiger partial charge in [0.05, 0.1) is 132 Å². The molecular weight excluding hydrogens is 1540 g/mol. The van der Waals surface area contributed by atoms with Gasteiger partial charge < -0.3 is 136 Å². The highest BCUT2D eigenvalue weighted by atomic mass is 16.7. The first-order valence-corrected chi connectivity index (χ1v) is 38.5. The van der Waals surface area contributed by atoms with E-state index in [4.69, 9.17) is 80.6 Å². The van der Waals surface area contributed by atoms with Crippen molar-refractivity contribution in [3.05, 3.63) is 155 Å². The molecule has 15 unspecified atom stereocenters. The van der Waals surface area contributed by atoms with E-state index in [0.29, 0.717) is 49.0 Å². The maximum Gasteiger partial charge on any atom is 0.202 e. The maximum absolute atomic E-state index is 13.6. The van der Waals surface area contributed by atoms with Crippen LogP contribution in [0.2, 0.25) is 0 Å². The van der Waals surface area contributed by atoms with Crippen LogP contribution in [0.3, 0.4) is 0 Å². The minimum absolute atomic E-state index is 0.00621. The first-order valence-electron chi connectivity index (χ1n) is 38.5. The average Bonchev–Trinajstić information content (AvgIpc) is 1.09. The van der Waals surface area contributed by atoms with Gasteiger partial charge in [0.15, 0.2) is 42.0 Å². The molecule has 0 spiro atoms. The van der Waals surface area contributed by atoms with Gasteiger partial charge >= 0.3 is 0 Å². The summed E-state index contributed by atoms with van der Waals surface area (Å²) in [6.07, 6.45) is -6.94. The van der Waals surface area contributed by atoms with Gasteiger partial charge in [0.2, 0.25) is 11.6 Å². The predicted octanol–water partition coefficient (Wildman–Crippen LogP) is 3.31. The molecule has 3 fully saturated rings. The third-order valence-corrected chi connectivity index (χ3v) is 23.2. The van der Waals surface area contributed by atoms with E-state index in [9.17, 15) is 90.0 Å². The number of fused-ring (bicyclic) bond motifs is 9. The number of ether oxygens (including phenoxy) is 9. The quantitative estimate of drug-likeness (QED) is 0.0655. The zero-order valence-electron chi connectivity index (χ0n) is 66.6. The van der Waals surface area contributed by atoms with Gasteiger partial charge in [-0.1, -0.05) is 36.4 Å². The number of carbonyl (C=O) groups is 6. The van der Waals surface area contributed by atoms with Crippen LogP contribution in [0.1, 0.15) is 215 Å². The van der Waals surface area contributed by atoms with Crippen LogP contribution in [-0.2, 0) is 52.5 Å². The van der Waals surface area contributed by atoms with Crippen LogP contribution >= 0.6 is 0 Å². The first kappa shape index (κ1) is 90.8. The lowest BCUT2D eigenvalue weighted by Gasteiger charge is -2.40. The lowest BCUT2D eigenvalue weighted by atomic mass is 9.73. The van der Waals surface area contributed by atoms with E-state index in [-0.39, 0.29) is 187 Å². The number of aliphatic hydroxyl groups excluding tert-OH is 9. The topological polar surface area (TPSA) is 591 Å². The van der Waals surface area contributed by atoms with Crippen molar-refractivity contribution >= 4 is 40.4 Å². The third kappa shape index (κ3) is 16.7. The number of nitrogens with two attached hydrogens (primary N) is 3. The summed E-state index contributed by atoms with van der Waals surface area (Å²) in [5.74, 6) is -6.53. The number of Topliss-reactive ketones (excluding diaryl/α,β-unsaturated/α-hetero) is 1. The monoisotopic (exact) mass is 1650 g/mol. The molecule has 34 heteroatoms. The Bertz CT molecular complexity index is 4570. The van der Waals surface area contributed by atoms with Gasteiger partial charge in [-0.15, -0.1) is 0 Å². The second-order valence-electron chi connectivity index (χ2n) is 29.9. The van der Waals surface area contributed by atoms with Crippen LogP contribution < -0.4 is 31.4 Å². The van der Waals surface area contributed by atoms with Crippen molar-refractivity contribution in [3.8, 4) is 51.7 Å². The van der Waals surface area contributed by atoms with Gasteiger partial charge in [0, 0.05) is 128 Å². The van der Waals surface area contributed by atoms with Crippen molar-refractivity contribution in [1.82, 2.24) is 0 Å². The van der Waals surface area contributed by atoms with Gasteiger partial charge in [-0.3, -0.25) is 34.2 Å². The zero-order valence-corrected chi connectivity index (χ0v) is 66.6. The number of methoxy groups -OCH3 is 3. The fraction of sp³-hybridized carbons (Fsp3) is 0.488. The van der Waals surface area contributed by atoms with E-state index in [1.165, 1.54) is 45.6 Å². The molecule has 0 radical (unpaired) electrons. The van der Waals surface area contributed by atoms with Crippen molar-refractivity contribution in [2.45, 2.75) is 183 Å². The number of hydrogen-bond acceptors (Lipinski definition) is 34. The lowest BCUT2D eigenvalue weighted by Crippen LogP contribution is -2.52. The zero-order chi connectivity index (χ0) is 86.6. The Kier molecular flexibility index (Phi) is 29.4. The highest BCUT2D eigenvalue weighted by Gasteiger charge is 2.50. The highest BCUT2D eigenvalue weighted by molar-refractivity contribution is 6.34. The van der Waals surface area contributed by atoms with Gasteiger partial charge in [-0.2, -0.15) is 0 Å². The standard InChI is InChI=1S/C27H32N2O8.C27H29NO10.C27H31NO9.3CH4O/c1-11-24(31)15(28)10-18(36-11)37-17-9-12(6-7-30)8-14-20(17)27(34)21-22(26(14)33)25(32)13-4-3-5-16(35-2)19(13)23(21)29;1-10-23(31)14(28)8-18(37-10)38-17-7-11(15(30)9-29)6-13-20(17)27(35)22-21(25(13)33)24(32)12-4-3-5-16(36-2)19(12)26(22)34;1-11-23(30)15(28)10-18(36-11)37-17-9-12(6-7-29)8-14-20(17)27(34)22-21(25(14)32)24(31)13-4-3-5-16(35-2)19(13)26(22)33;3*1-2/h3-5,11-12,15,17-18,24,29-31,33-34H,6-10,28H2,1-2H3;3-5,10-11,14,17-18,23,29,31,33,35H,6-9,28H2,1-2H3;3-5,11-12,15,17-18,23,29-30,32,34H,6-10,28H2,1-2H3;3*2H,1H3/t11?,12?,15?,17-,18?,24?;10?,11?,14?,17-,18?,23?;11?,12?,15?,17-,18?,23?;;;/m000.../s1. The lowest BCUT2D eigenvalue weighted by molar-refractivity contribution is -0.243. The molecule has 3 heterocycles. The molecule has 18 atom stereocenters. The number of phenols is 6. The van der Waals surface area contributed by atoms with Crippen molar-refractivity contribution in [3.63, 3.8) is 0 Å². The van der Waals surface area contributed by atoms with E-state index < -0.39 is 156 Å². The van der Waals surface area contributed by atoms with Crippen LogP contribution in [0.25, 0.3) is 0 Å². The maximum atomic E-state index is 13.6. The number of benzene rings is 6. The SMILES string of the molecule is CO.CO.CO.COc1cccc2c1C(=N)c1c(O)c3c(c(O)c1C2=O)CC(CCO)C[C@@H]3OC1CC(N)C(O)C(C)O1.COc1cccc2c1C(=O)c1c(O)c3c(c(O)c1C2=O)CC(C(=O)CO)C[C@@H]3OC1CC(N)C(O)C(C)O1.COc1cccc2c1C(=O)c1c(O)c3c(c(O)c1C2=O)CC(CCO)C[C@@H]3OC1CC(N)C(O)C(C)O1. The molecule has 3 saturated heterocycles. The van der Waals surface area contributed by atoms with E-state index in [1.807, 2.05) is 0 Å². The number of aromatic hydroxyl groups is 6. The molecule has 6 aromatic rings. The van der Waals surface area contributed by atoms with Crippen LogP contribution in [0, 0.1) is 23.2 Å². The Labute approximate surface area is 678 Å². The number of rotatable bonds is 15. The third-order valence-electron chi connectivity index (χ3n) is 23.2. The molecule has 6 aromatic carbocycles. The molecule has 3 aliphatic heterocycles. The fourth-order valence-electron chi connectivity index (χ4n) is 17.5. The molecule has 118 heavy (non-hydrogen) atoms. The summed E-state index contributed by atoms with van der Waals surface area (Å²) in [4.78, 5) is 80.3. The summed E-state index contributed by atoms with van der Waals surface area (Å²) in [5.41, 5.74) is 18.3. The van der Waals surface area contributed by atoms with Crippen molar-refractivity contribution in [2.75, 3.05) is 62.5 Å². The van der Waals surface area contributed by atoms with Gasteiger partial charge in [0.1, 0.15) is 58.4 Å². The van der Waals surface area contributed by atoms with Crippen LogP contribution in [0.4, 0.5) is 0 Å². The number of carbonyl (C=O) groups excluding carboxylic acids is 6. The van der Waals surface area contributed by atoms with Crippen molar-refractivity contribution < 1.29 is 148 Å². The molecule has 15 rings (SSSR count). The summed E-state index contributed by atoms with van der Waals surface area (Å²) < 4.78 is 52.0. The molecule has 0 bridgehead atoms. The number of phenolic OH excluding ortho intramolecular Hbond substituents is 6. The predicted molar refractivity (Wildman–Crippen MR) is 417 cm³/mol. The van der Waals surface area contributed by atoms with E-state index >= 15 is 0 Å². The fourth-order valence-corrected chi connectivity index (χ4v) is 17.5. The van der Waals surface area contributed by atoms with E-state index in [2.05, 4.69) is 0 Å². The van der Waals surface area contributed by atoms with Crippen LogP contribution in [0.5, 0.6) is 51.7 Å². The minimum Gasteiger partial charge on any atom is -0.507 e. The van der Waals surface area contributed by atoms with Crippen molar-refractivity contribution in [2.24, 2.45) is 35.0 Å². The summed E-state index contributed by atoms with van der Waals surface area (Å²) in [6, 6.07) is 12.1. The van der Waals surface area contributed by atoms with E-state index in [1.54, 1.807) is 51.1 Å². The second-order valence-corrected chi connectivity index (χ2v) is 29.9. The second kappa shape index (κ2) is 38.3. The van der Waals surface area contributed by atoms with Crippen LogP contribution in [0.15, 0.2) is 54.6 Å². The Morgan fingerprint density at radius 3 is 1.03 bits per heavy atom. The molecule has 0 aromatic heterocycles. The normalized spacial score (nSPS) is 27.4. The van der Waals surface area contributed by atoms with Crippen molar-refractivity contribution in [1.29, 1.82) is 5.41 Å². The molecule has 0 saturated carbocycles. The smallest absolute Gasteiger partial charge is 0.202 e. The summed E-state index contributed by atoms with van der Waals surface area (Å²) in [7, 11) is 7.16. The molecule has 9 aliphatic rings. The highest BCUT2D eigenvalue weighted by Crippen LogP contribution is 2.56. The van der Waals surface area contributed by atoms with Crippen LogP contribution in [-0.4, -0.2) is 253 Å². The molecule has 0 amide bonds. The van der Waals surface area contributed by atoms with Gasteiger partial charge in [-0.25, -0.2) is 0 Å². The Hall–Kier alpha value is -9.51. The largest absolute Gasteiger partial charge is 0.507 e. The number of nitrogens with one attached hydrogen (secondary N) is 1. The summed E-state index contributed by atoms with van der Waals surface area (Å²) >= 11 is 0. The van der Waals surface area contributed by atoms with E-state index in [0.717, 1.165) is 21.3 Å². The molecule has 34 nitrogen and oxygen atoms in total. The molecule has 640 valence electrons. The number of ketones is 6. The Morgan fingerprint density at radius 1 is 0.415 bits per heavy atom. The summed E-state index contributed by atoms with van der Waals surface area (Å²) in [5, 5.41) is 158. The van der Waals surface area contributed by atoms with Gasteiger partial charge in [-0.05, 0) is 102 Å². The first-order chi connectivity index (χ1) is 56.4. The average molecular weight is 1650 g/mol.